The Morgan fingerprint density at radius 2 is 1.82 bits per heavy atom. The van der Waals surface area contributed by atoms with Crippen molar-refractivity contribution in [1.29, 1.82) is 0 Å². The van der Waals surface area contributed by atoms with Crippen LogP contribution >= 0.6 is 24.0 Å². The molecule has 7 nitrogen and oxygen atoms in total. The Hall–Kier alpha value is -1.72. The molecule has 0 radical (unpaired) electrons. The number of hydrogen-bond donors (Lipinski definition) is 3. The summed E-state index contributed by atoms with van der Waals surface area (Å²) in [6, 6.07) is 13.0. The highest BCUT2D eigenvalue weighted by molar-refractivity contribution is 14.0. The number of nitrogens with two attached hydrogens (primary N) is 1. The number of aromatic nitrogens is 1. The molecule has 4 N–H and O–H groups in total. The number of nitrogens with zero attached hydrogens (tertiary/aromatic N) is 2. The molecule has 0 bridgehead atoms. The number of aliphatic imine (C=N–C) groups is 1. The highest BCUT2D eigenvalue weighted by Gasteiger charge is 2.15. The van der Waals surface area contributed by atoms with E-state index in [-0.39, 0.29) is 35.8 Å². The summed E-state index contributed by atoms with van der Waals surface area (Å²) < 4.78 is 27.0. The maximum atomic E-state index is 12.2. The summed E-state index contributed by atoms with van der Waals surface area (Å²) in [5.41, 5.74) is 8.45. The van der Waals surface area contributed by atoms with Crippen molar-refractivity contribution in [2.75, 3.05) is 6.54 Å². The van der Waals surface area contributed by atoms with Gasteiger partial charge < -0.3 is 11.1 Å². The molecule has 0 atom stereocenters. The van der Waals surface area contributed by atoms with Crippen molar-refractivity contribution in [3.63, 3.8) is 0 Å². The number of hydrogen-bond acceptors (Lipinski definition) is 4. The maximum Gasteiger partial charge on any atom is 0.216 e. The molecule has 2 aromatic rings. The molecular weight excluding hydrogens is 489 g/mol. The summed E-state index contributed by atoms with van der Waals surface area (Å²) in [6.45, 7) is 4.53. The van der Waals surface area contributed by atoms with Gasteiger partial charge in [0.05, 0.1) is 12.3 Å². The van der Waals surface area contributed by atoms with Gasteiger partial charge in [0.1, 0.15) is 0 Å². The fourth-order valence-corrected chi connectivity index (χ4v) is 4.04. The lowest BCUT2D eigenvalue weighted by atomic mass is 10.1. The Morgan fingerprint density at radius 3 is 2.46 bits per heavy atom. The van der Waals surface area contributed by atoms with E-state index < -0.39 is 10.0 Å². The maximum absolute atomic E-state index is 12.2. The van der Waals surface area contributed by atoms with Crippen LogP contribution in [0.4, 0.5) is 0 Å². The van der Waals surface area contributed by atoms with Gasteiger partial charge in [-0.2, -0.15) is 0 Å². The number of halogens is 1. The number of sulfonamides is 1. The van der Waals surface area contributed by atoms with E-state index in [2.05, 4.69) is 20.0 Å². The van der Waals surface area contributed by atoms with Gasteiger partial charge in [-0.25, -0.2) is 18.1 Å². The Bertz CT molecular complexity index is 858. The van der Waals surface area contributed by atoms with Crippen LogP contribution < -0.4 is 15.8 Å². The van der Waals surface area contributed by atoms with E-state index in [0.29, 0.717) is 19.0 Å². The van der Waals surface area contributed by atoms with Crippen LogP contribution in [0.25, 0.3) is 0 Å². The van der Waals surface area contributed by atoms with E-state index >= 15 is 0 Å². The Kier molecular flexibility index (Phi) is 10.4. The van der Waals surface area contributed by atoms with Gasteiger partial charge in [-0.1, -0.05) is 30.3 Å². The Morgan fingerprint density at radius 1 is 1.14 bits per heavy atom. The van der Waals surface area contributed by atoms with E-state index in [1.165, 1.54) is 0 Å². The SMILES string of the molecule is CC(C)NS(=O)(=O)Cc1ccccc1CN=C(N)NCCc1ccccn1.I. The average molecular weight is 517 g/mol. The molecular formula is C19H28IN5O2S. The van der Waals surface area contributed by atoms with Crippen molar-refractivity contribution in [1.82, 2.24) is 15.0 Å². The molecule has 2 rings (SSSR count). The molecule has 0 fully saturated rings. The normalized spacial score (nSPS) is 11.9. The van der Waals surface area contributed by atoms with Gasteiger partial charge in [0, 0.05) is 30.9 Å². The number of benzene rings is 1. The summed E-state index contributed by atoms with van der Waals surface area (Å²) in [6.07, 6.45) is 2.50. The zero-order valence-electron chi connectivity index (χ0n) is 16.1. The van der Waals surface area contributed by atoms with Gasteiger partial charge in [0.2, 0.25) is 10.0 Å². The average Bonchev–Trinajstić information content (AvgIpc) is 2.60. The second-order valence-corrected chi connectivity index (χ2v) is 8.25. The smallest absolute Gasteiger partial charge is 0.216 e. The van der Waals surface area contributed by atoms with Crippen molar-refractivity contribution < 1.29 is 8.42 Å². The topological polar surface area (TPSA) is 109 Å². The van der Waals surface area contributed by atoms with Crippen LogP contribution in [0, 0.1) is 0 Å². The quantitative estimate of drug-likeness (QED) is 0.269. The van der Waals surface area contributed by atoms with Gasteiger partial charge >= 0.3 is 0 Å². The molecule has 9 heteroatoms. The van der Waals surface area contributed by atoms with Crippen LogP contribution in [-0.2, 0) is 28.7 Å². The highest BCUT2D eigenvalue weighted by atomic mass is 127. The summed E-state index contributed by atoms with van der Waals surface area (Å²) in [5, 5.41) is 3.05. The van der Waals surface area contributed by atoms with Gasteiger partial charge in [-0.3, -0.25) is 4.98 Å². The van der Waals surface area contributed by atoms with E-state index in [0.717, 1.165) is 23.2 Å². The fourth-order valence-electron chi connectivity index (χ4n) is 2.55. The zero-order valence-corrected chi connectivity index (χ0v) is 19.3. The molecule has 1 heterocycles. The summed E-state index contributed by atoms with van der Waals surface area (Å²) in [4.78, 5) is 8.58. The van der Waals surface area contributed by atoms with Gasteiger partial charge in [-0.05, 0) is 37.1 Å². The van der Waals surface area contributed by atoms with Crippen LogP contribution in [0.3, 0.4) is 0 Å². The lowest BCUT2D eigenvalue weighted by Gasteiger charge is -2.12. The summed E-state index contributed by atoms with van der Waals surface area (Å²) in [7, 11) is -3.39. The zero-order chi connectivity index (χ0) is 19.7. The molecule has 0 aliphatic heterocycles. The summed E-state index contributed by atoms with van der Waals surface area (Å²) in [5.74, 6) is 0.244. The van der Waals surface area contributed by atoms with Crippen molar-refractivity contribution in [3.05, 3.63) is 65.5 Å². The third kappa shape index (κ3) is 8.98. The minimum Gasteiger partial charge on any atom is -0.370 e. The largest absolute Gasteiger partial charge is 0.370 e. The predicted molar refractivity (Wildman–Crippen MR) is 124 cm³/mol. The first-order valence-electron chi connectivity index (χ1n) is 8.86. The second-order valence-electron chi connectivity index (χ2n) is 6.50. The first-order chi connectivity index (χ1) is 12.9. The van der Waals surface area contributed by atoms with Crippen molar-refractivity contribution in [3.8, 4) is 0 Å². The lowest BCUT2D eigenvalue weighted by molar-refractivity contribution is 0.569. The molecule has 0 unspecified atom stereocenters. The molecule has 0 amide bonds. The molecule has 0 spiro atoms. The Balaban J connectivity index is 0.00000392. The van der Waals surface area contributed by atoms with Gasteiger partial charge in [-0.15, -0.1) is 24.0 Å². The number of rotatable bonds is 9. The van der Waals surface area contributed by atoms with Crippen LogP contribution in [0.2, 0.25) is 0 Å². The van der Waals surface area contributed by atoms with Crippen LogP contribution in [-0.4, -0.2) is 31.9 Å². The molecule has 1 aromatic heterocycles. The number of nitrogens with one attached hydrogen (secondary N) is 2. The monoisotopic (exact) mass is 517 g/mol. The molecule has 0 aliphatic carbocycles. The number of pyridine rings is 1. The van der Waals surface area contributed by atoms with Crippen LogP contribution in [0.15, 0.2) is 53.7 Å². The number of guanidine groups is 1. The molecule has 0 saturated heterocycles. The third-order valence-electron chi connectivity index (χ3n) is 3.71. The first kappa shape index (κ1) is 24.3. The molecule has 0 aliphatic rings. The van der Waals surface area contributed by atoms with E-state index in [1.54, 1.807) is 26.1 Å². The molecule has 1 aromatic carbocycles. The molecule has 0 saturated carbocycles. The van der Waals surface area contributed by atoms with Crippen molar-refractivity contribution in [2.24, 2.45) is 10.7 Å². The van der Waals surface area contributed by atoms with Gasteiger partial charge in [0.25, 0.3) is 0 Å². The van der Waals surface area contributed by atoms with Crippen molar-refractivity contribution in [2.45, 2.75) is 38.6 Å². The summed E-state index contributed by atoms with van der Waals surface area (Å²) >= 11 is 0. The van der Waals surface area contributed by atoms with Crippen LogP contribution in [0.1, 0.15) is 30.7 Å². The highest BCUT2D eigenvalue weighted by Crippen LogP contribution is 2.13. The fraction of sp³-hybridized carbons (Fsp3) is 0.368. The molecule has 28 heavy (non-hydrogen) atoms. The minimum absolute atomic E-state index is 0. The van der Waals surface area contributed by atoms with E-state index in [1.807, 2.05) is 36.4 Å². The van der Waals surface area contributed by atoms with Crippen LogP contribution in [0.5, 0.6) is 0 Å². The standard InChI is InChI=1S/C19H27N5O2S.HI/c1-15(2)24-27(25,26)14-17-8-4-3-7-16(17)13-23-19(20)22-12-10-18-9-5-6-11-21-18;/h3-9,11,15,24H,10,12-14H2,1-2H3,(H3,20,22,23);1H. The van der Waals surface area contributed by atoms with E-state index in [9.17, 15) is 8.42 Å². The first-order valence-corrected chi connectivity index (χ1v) is 10.5. The van der Waals surface area contributed by atoms with E-state index in [4.69, 9.17) is 5.73 Å². The Labute approximate surface area is 184 Å². The predicted octanol–water partition coefficient (Wildman–Crippen LogP) is 2.17. The van der Waals surface area contributed by atoms with Crippen molar-refractivity contribution >= 4 is 40.0 Å². The third-order valence-corrected chi connectivity index (χ3v) is 5.23. The van der Waals surface area contributed by atoms with Gasteiger partial charge in [0.15, 0.2) is 5.96 Å². The lowest BCUT2D eigenvalue weighted by Crippen LogP contribution is -2.33. The molecule has 154 valence electrons. The minimum atomic E-state index is -3.39. The second kappa shape index (κ2) is 12.0.